The highest BCUT2D eigenvalue weighted by Crippen LogP contribution is 2.34. The van der Waals surface area contributed by atoms with E-state index in [1.165, 1.54) is 4.90 Å². The molecule has 7 heteroatoms. The summed E-state index contributed by atoms with van der Waals surface area (Å²) in [4.78, 5) is 31.9. The quantitative estimate of drug-likeness (QED) is 0.433. The van der Waals surface area contributed by atoms with E-state index in [2.05, 4.69) is 10.3 Å². The predicted octanol–water partition coefficient (Wildman–Crippen LogP) is 4.24. The number of rotatable bonds is 7. The minimum absolute atomic E-state index is 0.0673. The van der Waals surface area contributed by atoms with Crippen molar-refractivity contribution in [2.75, 3.05) is 6.26 Å². The number of benzene rings is 2. The summed E-state index contributed by atoms with van der Waals surface area (Å²) in [6.07, 6.45) is 7.55. The van der Waals surface area contributed by atoms with Crippen LogP contribution in [0, 0.1) is 0 Å². The molecule has 0 bridgehead atoms. The van der Waals surface area contributed by atoms with E-state index in [0.717, 1.165) is 29.5 Å². The standard InChI is InChI=1S/C25H24N4O2S/c1-32-20-11-7-17(8-12-20)13-26-22(30)15-28-14-21(18-5-3-2-4-6-18)23-24(28)25(31)29(16-27-23)19-9-10-19/h2-8,11-12,14,16,19H,9-10,13,15H2,1H3,(H,26,30). The molecule has 4 aromatic rings. The molecule has 1 aliphatic carbocycles. The van der Waals surface area contributed by atoms with E-state index in [1.807, 2.05) is 67.0 Å². The van der Waals surface area contributed by atoms with Crippen molar-refractivity contribution in [3.63, 3.8) is 0 Å². The van der Waals surface area contributed by atoms with Gasteiger partial charge in [0.2, 0.25) is 5.91 Å². The summed E-state index contributed by atoms with van der Waals surface area (Å²) in [6, 6.07) is 18.2. The van der Waals surface area contributed by atoms with Crippen LogP contribution in [0.1, 0.15) is 24.4 Å². The predicted molar refractivity (Wildman–Crippen MR) is 128 cm³/mol. The number of hydrogen-bond acceptors (Lipinski definition) is 4. The summed E-state index contributed by atoms with van der Waals surface area (Å²) in [6.45, 7) is 0.515. The van der Waals surface area contributed by atoms with Gasteiger partial charge in [-0.05, 0) is 42.4 Å². The van der Waals surface area contributed by atoms with Crippen molar-refractivity contribution < 1.29 is 4.79 Å². The number of fused-ring (bicyclic) bond motifs is 1. The largest absolute Gasteiger partial charge is 0.350 e. The van der Waals surface area contributed by atoms with Crippen molar-refractivity contribution >= 4 is 28.7 Å². The highest BCUT2D eigenvalue weighted by Gasteiger charge is 2.27. The summed E-state index contributed by atoms with van der Waals surface area (Å²) < 4.78 is 3.46. The average molecular weight is 445 g/mol. The Morgan fingerprint density at radius 2 is 1.88 bits per heavy atom. The molecule has 0 atom stereocenters. The van der Waals surface area contributed by atoms with Gasteiger partial charge in [0.15, 0.2) is 0 Å². The molecule has 32 heavy (non-hydrogen) atoms. The molecular formula is C25H24N4O2S. The van der Waals surface area contributed by atoms with Crippen LogP contribution in [0.25, 0.3) is 22.2 Å². The van der Waals surface area contributed by atoms with Crippen LogP contribution < -0.4 is 10.9 Å². The molecular weight excluding hydrogens is 420 g/mol. The zero-order valence-electron chi connectivity index (χ0n) is 17.8. The monoisotopic (exact) mass is 444 g/mol. The normalized spacial score (nSPS) is 13.4. The number of hydrogen-bond donors (Lipinski definition) is 1. The van der Waals surface area contributed by atoms with Gasteiger partial charge >= 0.3 is 0 Å². The molecule has 6 nitrogen and oxygen atoms in total. The Hall–Kier alpha value is -3.32. The smallest absolute Gasteiger partial charge is 0.278 e. The molecule has 2 aromatic heterocycles. The first-order chi connectivity index (χ1) is 15.6. The maximum absolute atomic E-state index is 13.3. The second kappa shape index (κ2) is 8.67. The number of thioether (sulfide) groups is 1. The Kier molecular flexibility index (Phi) is 5.57. The third-order valence-corrected chi connectivity index (χ3v) is 6.53. The molecule has 1 fully saturated rings. The molecule has 0 spiro atoms. The fraction of sp³-hybridized carbons (Fsp3) is 0.240. The van der Waals surface area contributed by atoms with Gasteiger partial charge in [-0.1, -0.05) is 42.5 Å². The van der Waals surface area contributed by atoms with Crippen LogP contribution in [0.3, 0.4) is 0 Å². The van der Waals surface area contributed by atoms with Crippen molar-refractivity contribution in [1.29, 1.82) is 0 Å². The van der Waals surface area contributed by atoms with Crippen LogP contribution in [0.4, 0.5) is 0 Å². The lowest BCUT2D eigenvalue weighted by molar-refractivity contribution is -0.121. The molecule has 162 valence electrons. The number of nitrogens with zero attached hydrogens (tertiary/aromatic N) is 3. The number of nitrogens with one attached hydrogen (secondary N) is 1. The Morgan fingerprint density at radius 1 is 1.12 bits per heavy atom. The molecule has 0 saturated heterocycles. The molecule has 0 unspecified atom stereocenters. The SMILES string of the molecule is CSc1ccc(CNC(=O)Cn2cc(-c3ccccc3)c3ncn(C4CC4)c(=O)c32)cc1. The zero-order chi connectivity index (χ0) is 22.1. The van der Waals surface area contributed by atoms with Gasteiger partial charge in [0.25, 0.3) is 5.56 Å². The second-order valence-electron chi connectivity index (χ2n) is 8.05. The van der Waals surface area contributed by atoms with E-state index in [-0.39, 0.29) is 24.1 Å². The minimum atomic E-state index is -0.142. The number of carbonyl (C=O) groups is 1. The van der Waals surface area contributed by atoms with Gasteiger partial charge < -0.3 is 9.88 Å². The van der Waals surface area contributed by atoms with Gasteiger partial charge in [-0.2, -0.15) is 0 Å². The van der Waals surface area contributed by atoms with E-state index in [0.29, 0.717) is 17.6 Å². The summed E-state index contributed by atoms with van der Waals surface area (Å²) in [5, 5.41) is 2.97. The third kappa shape index (κ3) is 4.08. The lowest BCUT2D eigenvalue weighted by Gasteiger charge is -2.09. The second-order valence-corrected chi connectivity index (χ2v) is 8.93. The number of aromatic nitrogens is 3. The van der Waals surface area contributed by atoms with Crippen molar-refractivity contribution in [3.8, 4) is 11.1 Å². The fourth-order valence-electron chi connectivity index (χ4n) is 3.92. The van der Waals surface area contributed by atoms with Gasteiger partial charge in [-0.25, -0.2) is 4.98 Å². The first-order valence-corrected chi connectivity index (χ1v) is 11.9. The summed E-state index contributed by atoms with van der Waals surface area (Å²) in [7, 11) is 0. The number of carbonyl (C=O) groups excluding carboxylic acids is 1. The Morgan fingerprint density at radius 3 is 2.56 bits per heavy atom. The number of amides is 1. The lowest BCUT2D eigenvalue weighted by Crippen LogP contribution is -2.28. The molecule has 1 amide bonds. The van der Waals surface area contributed by atoms with E-state index >= 15 is 0 Å². The van der Waals surface area contributed by atoms with Crippen molar-refractivity contribution in [2.45, 2.75) is 36.9 Å². The first-order valence-electron chi connectivity index (χ1n) is 10.7. The highest BCUT2D eigenvalue weighted by molar-refractivity contribution is 7.98. The van der Waals surface area contributed by atoms with Crippen LogP contribution in [-0.4, -0.2) is 26.3 Å². The van der Waals surface area contributed by atoms with Gasteiger partial charge in [0.05, 0.1) is 6.33 Å². The van der Waals surface area contributed by atoms with Gasteiger partial charge in [-0.3, -0.25) is 14.2 Å². The maximum Gasteiger partial charge on any atom is 0.278 e. The average Bonchev–Trinajstić information content (AvgIpc) is 3.60. The Balaban J connectivity index is 1.44. The summed E-state index contributed by atoms with van der Waals surface area (Å²) in [5.74, 6) is -0.142. The van der Waals surface area contributed by atoms with Crippen LogP contribution in [0.2, 0.25) is 0 Å². The lowest BCUT2D eigenvalue weighted by atomic mass is 10.1. The zero-order valence-corrected chi connectivity index (χ0v) is 18.6. The molecule has 0 aliphatic heterocycles. The molecule has 1 saturated carbocycles. The topological polar surface area (TPSA) is 68.9 Å². The van der Waals surface area contributed by atoms with Gasteiger partial charge in [-0.15, -0.1) is 11.8 Å². The Labute approximate surface area is 190 Å². The van der Waals surface area contributed by atoms with Gasteiger partial charge in [0, 0.05) is 29.2 Å². The van der Waals surface area contributed by atoms with Crippen molar-refractivity contribution in [1.82, 2.24) is 19.4 Å². The molecule has 2 heterocycles. The molecule has 5 rings (SSSR count). The van der Waals surface area contributed by atoms with Crippen LogP contribution in [-0.2, 0) is 17.9 Å². The maximum atomic E-state index is 13.3. The van der Waals surface area contributed by atoms with E-state index < -0.39 is 0 Å². The van der Waals surface area contributed by atoms with Gasteiger partial charge in [0.1, 0.15) is 17.6 Å². The molecule has 2 aromatic carbocycles. The molecule has 1 N–H and O–H groups in total. The van der Waals surface area contributed by atoms with Crippen LogP contribution in [0.15, 0.2) is 76.8 Å². The van der Waals surface area contributed by atoms with Crippen LogP contribution >= 0.6 is 11.8 Å². The van der Waals surface area contributed by atoms with E-state index in [9.17, 15) is 9.59 Å². The van der Waals surface area contributed by atoms with E-state index in [1.54, 1.807) is 27.2 Å². The Bertz CT molecular complexity index is 1320. The fourth-order valence-corrected chi connectivity index (χ4v) is 4.32. The minimum Gasteiger partial charge on any atom is -0.350 e. The van der Waals surface area contributed by atoms with Crippen LogP contribution in [0.5, 0.6) is 0 Å². The molecule has 1 aliphatic rings. The summed E-state index contributed by atoms with van der Waals surface area (Å²) >= 11 is 1.69. The first kappa shape index (κ1) is 20.6. The third-order valence-electron chi connectivity index (χ3n) is 5.79. The van der Waals surface area contributed by atoms with Crippen molar-refractivity contribution in [3.05, 3.63) is 83.0 Å². The highest BCUT2D eigenvalue weighted by atomic mass is 32.2. The van der Waals surface area contributed by atoms with Crippen molar-refractivity contribution in [2.24, 2.45) is 0 Å². The summed E-state index contributed by atoms with van der Waals surface area (Å²) in [5.41, 5.74) is 3.91. The molecule has 0 radical (unpaired) electrons. The van der Waals surface area contributed by atoms with E-state index in [4.69, 9.17) is 0 Å².